The third kappa shape index (κ3) is 4.14. The Morgan fingerprint density at radius 2 is 2.11 bits per heavy atom. The van der Waals surface area contributed by atoms with E-state index < -0.39 is 10.0 Å². The fourth-order valence-electron chi connectivity index (χ4n) is 1.70. The van der Waals surface area contributed by atoms with Crippen LogP contribution in [0.3, 0.4) is 0 Å². The van der Waals surface area contributed by atoms with Crippen LogP contribution in [-0.2, 0) is 16.6 Å². The van der Waals surface area contributed by atoms with E-state index in [4.69, 9.17) is 0 Å². The van der Waals surface area contributed by atoms with Gasteiger partial charge in [-0.15, -0.1) is 0 Å². The van der Waals surface area contributed by atoms with Crippen LogP contribution < -0.4 is 5.32 Å². The molecule has 1 aromatic carbocycles. The summed E-state index contributed by atoms with van der Waals surface area (Å²) in [5.41, 5.74) is 1.82. The van der Waals surface area contributed by atoms with Crippen LogP contribution in [0.4, 0.5) is 0 Å². The van der Waals surface area contributed by atoms with Crippen LogP contribution in [0.15, 0.2) is 39.7 Å². The van der Waals surface area contributed by atoms with E-state index in [2.05, 4.69) is 27.8 Å². The highest BCUT2D eigenvalue weighted by Gasteiger charge is 2.23. The Balaban J connectivity index is 3.11. The molecule has 0 bridgehead atoms. The van der Waals surface area contributed by atoms with E-state index in [1.54, 1.807) is 20.0 Å². The lowest BCUT2D eigenvalue weighted by Gasteiger charge is -2.18. The van der Waals surface area contributed by atoms with Crippen molar-refractivity contribution in [2.24, 2.45) is 0 Å². The smallest absolute Gasteiger partial charge is 0.244 e. The third-order valence-corrected chi connectivity index (χ3v) is 5.34. The van der Waals surface area contributed by atoms with Crippen LogP contribution in [0.5, 0.6) is 0 Å². The predicted octanol–water partition coefficient (Wildman–Crippen LogP) is 2.37. The van der Waals surface area contributed by atoms with Gasteiger partial charge in [0.1, 0.15) is 0 Å². The monoisotopic (exact) mass is 346 g/mol. The van der Waals surface area contributed by atoms with E-state index in [1.165, 1.54) is 4.31 Å². The average Bonchev–Trinajstić information content (AvgIpc) is 2.28. The lowest BCUT2D eigenvalue weighted by atomic mass is 10.2. The van der Waals surface area contributed by atoms with Gasteiger partial charge in [0, 0.05) is 24.6 Å². The van der Waals surface area contributed by atoms with Crippen molar-refractivity contribution in [2.45, 2.75) is 18.4 Å². The highest BCUT2D eigenvalue weighted by molar-refractivity contribution is 9.10. The van der Waals surface area contributed by atoms with Crippen molar-refractivity contribution >= 4 is 26.0 Å². The maximum Gasteiger partial charge on any atom is 0.244 e. The van der Waals surface area contributed by atoms with E-state index in [1.807, 2.05) is 19.2 Å². The number of sulfonamides is 1. The minimum absolute atomic E-state index is 0.274. The zero-order valence-corrected chi connectivity index (χ0v) is 13.8. The summed E-state index contributed by atoms with van der Waals surface area (Å²) >= 11 is 3.33. The molecule has 1 aromatic rings. The van der Waals surface area contributed by atoms with Crippen LogP contribution in [0.2, 0.25) is 0 Å². The van der Waals surface area contributed by atoms with Gasteiger partial charge in [0.25, 0.3) is 0 Å². The Bertz CT molecular complexity index is 570. The molecule has 0 spiro atoms. The molecule has 1 rings (SSSR count). The second-order valence-corrected chi connectivity index (χ2v) is 7.38. The summed E-state index contributed by atoms with van der Waals surface area (Å²) in [6, 6.07) is 5.25. The number of hydrogen-bond donors (Lipinski definition) is 1. The number of nitrogens with zero attached hydrogens (tertiary/aromatic N) is 1. The fourth-order valence-corrected chi connectivity index (χ4v) is 4.01. The number of halogens is 1. The quantitative estimate of drug-likeness (QED) is 0.804. The summed E-state index contributed by atoms with van der Waals surface area (Å²) in [7, 11) is -0.0912. The van der Waals surface area contributed by atoms with E-state index >= 15 is 0 Å². The number of benzene rings is 1. The minimum atomic E-state index is -3.49. The predicted molar refractivity (Wildman–Crippen MR) is 81.5 cm³/mol. The Morgan fingerprint density at radius 1 is 1.47 bits per heavy atom. The first-order valence-corrected chi connectivity index (χ1v) is 8.06. The average molecular weight is 347 g/mol. The molecule has 0 aliphatic rings. The highest BCUT2D eigenvalue weighted by atomic mass is 79.9. The molecule has 0 atom stereocenters. The van der Waals surface area contributed by atoms with Gasteiger partial charge >= 0.3 is 0 Å². The molecule has 6 heteroatoms. The molecule has 4 nitrogen and oxygen atoms in total. The summed E-state index contributed by atoms with van der Waals surface area (Å²) < 4.78 is 26.7. The van der Waals surface area contributed by atoms with E-state index in [0.717, 1.165) is 11.1 Å². The molecule has 0 aromatic heterocycles. The van der Waals surface area contributed by atoms with Crippen LogP contribution in [0.25, 0.3) is 0 Å². The third-order valence-electron chi connectivity index (χ3n) is 2.56. The molecule has 1 N–H and O–H groups in total. The van der Waals surface area contributed by atoms with Gasteiger partial charge in [0.2, 0.25) is 10.0 Å². The molecule has 0 saturated heterocycles. The second-order valence-electron chi connectivity index (χ2n) is 4.51. The van der Waals surface area contributed by atoms with Crippen molar-refractivity contribution < 1.29 is 8.42 Å². The second kappa shape index (κ2) is 6.65. The van der Waals surface area contributed by atoms with Gasteiger partial charge in [0.05, 0.1) is 4.90 Å². The van der Waals surface area contributed by atoms with Gasteiger partial charge in [-0.25, -0.2) is 8.42 Å². The van der Waals surface area contributed by atoms with E-state index in [0.29, 0.717) is 17.6 Å². The van der Waals surface area contributed by atoms with Gasteiger partial charge < -0.3 is 5.32 Å². The van der Waals surface area contributed by atoms with Crippen molar-refractivity contribution in [3.63, 3.8) is 0 Å². The summed E-state index contributed by atoms with van der Waals surface area (Å²) in [6.07, 6.45) is 0. The first-order chi connectivity index (χ1) is 8.78. The zero-order chi connectivity index (χ0) is 14.6. The Kier molecular flexibility index (Phi) is 5.73. The number of hydrogen-bond acceptors (Lipinski definition) is 3. The molecule has 19 heavy (non-hydrogen) atoms. The molecule has 0 unspecified atom stereocenters. The van der Waals surface area contributed by atoms with Crippen molar-refractivity contribution in [3.8, 4) is 0 Å². The van der Waals surface area contributed by atoms with Crippen LogP contribution in [-0.4, -0.2) is 33.4 Å². The lowest BCUT2D eigenvalue weighted by Crippen LogP contribution is -2.28. The normalized spacial score (nSPS) is 11.8. The van der Waals surface area contributed by atoms with Gasteiger partial charge in [-0.3, -0.25) is 0 Å². The molecule has 0 radical (unpaired) electrons. The first kappa shape index (κ1) is 16.4. The van der Waals surface area contributed by atoms with Crippen molar-refractivity contribution in [1.82, 2.24) is 9.62 Å². The van der Waals surface area contributed by atoms with Crippen molar-refractivity contribution in [1.29, 1.82) is 0 Å². The van der Waals surface area contributed by atoms with Gasteiger partial charge in [0.15, 0.2) is 0 Å². The van der Waals surface area contributed by atoms with Crippen molar-refractivity contribution in [3.05, 3.63) is 40.4 Å². The molecule has 0 saturated carbocycles. The SMILES string of the molecule is C=C(C)CN(C)S(=O)(=O)c1ccc(CNC)cc1Br. The molecular formula is C13H19BrN2O2S. The van der Waals surface area contributed by atoms with E-state index in [-0.39, 0.29) is 4.90 Å². The van der Waals surface area contributed by atoms with Crippen LogP contribution >= 0.6 is 15.9 Å². The lowest BCUT2D eigenvalue weighted by molar-refractivity contribution is 0.492. The molecule has 0 aliphatic heterocycles. The fraction of sp³-hybridized carbons (Fsp3) is 0.385. The van der Waals surface area contributed by atoms with Gasteiger partial charge in [-0.05, 0) is 47.6 Å². The number of rotatable bonds is 6. The highest BCUT2D eigenvalue weighted by Crippen LogP contribution is 2.26. The summed E-state index contributed by atoms with van der Waals surface area (Å²) in [5.74, 6) is 0. The number of likely N-dealkylation sites (N-methyl/N-ethyl adjacent to an activating group) is 1. The van der Waals surface area contributed by atoms with E-state index in [9.17, 15) is 8.42 Å². The Labute approximate surface area is 123 Å². The zero-order valence-electron chi connectivity index (χ0n) is 11.4. The summed E-state index contributed by atoms with van der Waals surface area (Å²) in [6.45, 7) is 6.55. The van der Waals surface area contributed by atoms with Gasteiger partial charge in [-0.1, -0.05) is 18.2 Å². The van der Waals surface area contributed by atoms with Crippen LogP contribution in [0.1, 0.15) is 12.5 Å². The largest absolute Gasteiger partial charge is 0.316 e. The summed E-state index contributed by atoms with van der Waals surface area (Å²) in [5, 5.41) is 3.03. The molecule has 0 aliphatic carbocycles. The maximum atomic E-state index is 12.4. The topological polar surface area (TPSA) is 49.4 Å². The molecule has 106 valence electrons. The Hall–Kier alpha value is -0.690. The first-order valence-electron chi connectivity index (χ1n) is 5.82. The minimum Gasteiger partial charge on any atom is -0.316 e. The van der Waals surface area contributed by atoms with Crippen molar-refractivity contribution in [2.75, 3.05) is 20.6 Å². The van der Waals surface area contributed by atoms with Crippen LogP contribution in [0, 0.1) is 0 Å². The summed E-state index contributed by atoms with van der Waals surface area (Å²) in [4.78, 5) is 0.274. The number of nitrogens with one attached hydrogen (secondary N) is 1. The maximum absolute atomic E-state index is 12.4. The molecular weight excluding hydrogens is 328 g/mol. The standard InChI is InChI=1S/C13H19BrN2O2S/c1-10(2)9-16(4)19(17,18)13-6-5-11(8-15-3)7-12(13)14/h5-7,15H,1,8-9H2,2-4H3. The van der Waals surface area contributed by atoms with Gasteiger partial charge in [-0.2, -0.15) is 4.31 Å². The molecule has 0 heterocycles. The molecule has 0 fully saturated rings. The Morgan fingerprint density at radius 3 is 2.58 bits per heavy atom. The molecule has 0 amide bonds.